The van der Waals surface area contributed by atoms with Crippen molar-refractivity contribution in [2.45, 2.75) is 45.6 Å². The Balaban J connectivity index is 1.46. The molecule has 5 nitrogen and oxygen atoms in total. The standard InChI is InChI=1S/C18H22Cl2N4OS/c1-10-11(2)26-18(23-10)22-8-12-3-5-14(6-4-12)24-17(25)15-7-13(19)9-21-16(15)20/h7,9,12,14H,3-6,8H2,1-2H3,(H,22,23)(H,24,25)/t12-,14-. The zero-order chi connectivity index (χ0) is 18.7. The van der Waals surface area contributed by atoms with E-state index in [9.17, 15) is 4.79 Å². The van der Waals surface area contributed by atoms with Crippen LogP contribution in [0.3, 0.4) is 0 Å². The Morgan fingerprint density at radius 3 is 2.65 bits per heavy atom. The predicted molar refractivity (Wildman–Crippen MR) is 108 cm³/mol. The number of hydrogen-bond acceptors (Lipinski definition) is 5. The van der Waals surface area contributed by atoms with Gasteiger partial charge in [-0.05, 0) is 51.5 Å². The van der Waals surface area contributed by atoms with Crippen molar-refractivity contribution >= 4 is 45.6 Å². The monoisotopic (exact) mass is 412 g/mol. The number of nitrogens with one attached hydrogen (secondary N) is 2. The van der Waals surface area contributed by atoms with Crippen molar-refractivity contribution in [3.8, 4) is 0 Å². The number of thiazole rings is 1. The topological polar surface area (TPSA) is 66.9 Å². The fourth-order valence-corrected chi connectivity index (χ4v) is 4.30. The minimum Gasteiger partial charge on any atom is -0.361 e. The molecule has 2 aromatic rings. The molecule has 1 saturated carbocycles. The van der Waals surface area contributed by atoms with E-state index in [1.54, 1.807) is 17.4 Å². The lowest BCUT2D eigenvalue weighted by Gasteiger charge is -2.29. The van der Waals surface area contributed by atoms with Crippen LogP contribution in [0.4, 0.5) is 5.13 Å². The van der Waals surface area contributed by atoms with E-state index in [0.717, 1.165) is 43.1 Å². The molecule has 1 aliphatic rings. The maximum Gasteiger partial charge on any atom is 0.254 e. The number of carbonyl (C=O) groups excluding carboxylic acids is 1. The second-order valence-corrected chi connectivity index (χ2v) is 8.72. The molecule has 0 aliphatic heterocycles. The summed E-state index contributed by atoms with van der Waals surface area (Å²) in [5.74, 6) is 0.393. The highest BCUT2D eigenvalue weighted by Crippen LogP contribution is 2.27. The Morgan fingerprint density at radius 1 is 1.27 bits per heavy atom. The van der Waals surface area contributed by atoms with Gasteiger partial charge in [-0.15, -0.1) is 11.3 Å². The van der Waals surface area contributed by atoms with Crippen molar-refractivity contribution in [1.29, 1.82) is 0 Å². The zero-order valence-corrected chi connectivity index (χ0v) is 17.1. The molecule has 8 heteroatoms. The van der Waals surface area contributed by atoms with E-state index in [1.807, 2.05) is 6.92 Å². The Morgan fingerprint density at radius 2 is 2.00 bits per heavy atom. The number of hydrogen-bond donors (Lipinski definition) is 2. The number of aromatic nitrogens is 2. The van der Waals surface area contributed by atoms with E-state index < -0.39 is 0 Å². The summed E-state index contributed by atoms with van der Waals surface area (Å²) in [5.41, 5.74) is 1.43. The predicted octanol–water partition coefficient (Wildman–Crippen LogP) is 4.86. The van der Waals surface area contributed by atoms with E-state index in [0.29, 0.717) is 16.5 Å². The third kappa shape index (κ3) is 4.87. The molecule has 2 heterocycles. The van der Waals surface area contributed by atoms with Crippen LogP contribution in [0.15, 0.2) is 12.3 Å². The molecule has 2 aromatic heterocycles. The van der Waals surface area contributed by atoms with Crippen LogP contribution >= 0.6 is 34.5 Å². The molecular formula is C18H22Cl2N4OS. The van der Waals surface area contributed by atoms with E-state index in [4.69, 9.17) is 23.2 Å². The minimum atomic E-state index is -0.208. The molecule has 1 fully saturated rings. The molecule has 140 valence electrons. The molecule has 26 heavy (non-hydrogen) atoms. The lowest BCUT2D eigenvalue weighted by atomic mass is 9.86. The molecule has 0 aromatic carbocycles. The Kier molecular flexibility index (Phi) is 6.37. The van der Waals surface area contributed by atoms with Gasteiger partial charge in [0.05, 0.1) is 16.3 Å². The second-order valence-electron chi connectivity index (χ2n) is 6.72. The number of nitrogens with zero attached hydrogens (tertiary/aromatic N) is 2. The highest BCUT2D eigenvalue weighted by molar-refractivity contribution is 7.15. The molecule has 0 atom stereocenters. The summed E-state index contributed by atoms with van der Waals surface area (Å²) in [5, 5.41) is 8.09. The number of pyridine rings is 1. The quantitative estimate of drug-likeness (QED) is 0.687. The van der Waals surface area contributed by atoms with Gasteiger partial charge >= 0.3 is 0 Å². The van der Waals surface area contributed by atoms with Crippen molar-refractivity contribution in [3.05, 3.63) is 38.6 Å². The molecule has 0 radical (unpaired) electrons. The molecule has 0 spiro atoms. The molecule has 0 bridgehead atoms. The van der Waals surface area contributed by atoms with Gasteiger partial charge < -0.3 is 10.6 Å². The highest BCUT2D eigenvalue weighted by atomic mass is 35.5. The van der Waals surface area contributed by atoms with Gasteiger partial charge in [-0.25, -0.2) is 9.97 Å². The van der Waals surface area contributed by atoms with E-state index in [1.165, 1.54) is 11.1 Å². The number of carbonyl (C=O) groups is 1. The average Bonchev–Trinajstić information content (AvgIpc) is 2.94. The number of rotatable bonds is 5. The Hall–Kier alpha value is -1.37. The van der Waals surface area contributed by atoms with Gasteiger partial charge in [-0.1, -0.05) is 23.2 Å². The summed E-state index contributed by atoms with van der Waals surface area (Å²) < 4.78 is 0. The number of anilines is 1. The first-order valence-electron chi connectivity index (χ1n) is 8.72. The fourth-order valence-electron chi connectivity index (χ4n) is 3.14. The lowest BCUT2D eigenvalue weighted by molar-refractivity contribution is 0.0922. The molecule has 2 N–H and O–H groups in total. The SMILES string of the molecule is Cc1nc(NC[C@H]2CC[C@H](NC(=O)c3cc(Cl)cnc3Cl)CC2)sc1C. The van der Waals surface area contributed by atoms with Crippen LogP contribution in [0.5, 0.6) is 0 Å². The van der Waals surface area contributed by atoms with Gasteiger partial charge in [0.2, 0.25) is 0 Å². The summed E-state index contributed by atoms with van der Waals surface area (Å²) in [6.07, 6.45) is 5.50. The van der Waals surface area contributed by atoms with Crippen LogP contribution in [0.1, 0.15) is 46.6 Å². The molecule has 1 amide bonds. The second kappa shape index (κ2) is 8.55. The van der Waals surface area contributed by atoms with E-state index in [-0.39, 0.29) is 17.1 Å². The van der Waals surface area contributed by atoms with Gasteiger partial charge in [-0.3, -0.25) is 4.79 Å². The largest absolute Gasteiger partial charge is 0.361 e. The highest BCUT2D eigenvalue weighted by Gasteiger charge is 2.24. The van der Waals surface area contributed by atoms with Crippen LogP contribution in [0.25, 0.3) is 0 Å². The van der Waals surface area contributed by atoms with Gasteiger partial charge in [0.25, 0.3) is 5.91 Å². The summed E-state index contributed by atoms with van der Waals surface area (Å²) in [6.45, 7) is 5.05. The van der Waals surface area contributed by atoms with Crippen molar-refractivity contribution in [1.82, 2.24) is 15.3 Å². The number of halogens is 2. The third-order valence-electron chi connectivity index (χ3n) is 4.80. The van der Waals surface area contributed by atoms with E-state index in [2.05, 4.69) is 27.5 Å². The first kappa shape index (κ1) is 19.4. The third-order valence-corrected chi connectivity index (χ3v) is 6.34. The molecular weight excluding hydrogens is 391 g/mol. The first-order valence-corrected chi connectivity index (χ1v) is 10.3. The maximum absolute atomic E-state index is 12.4. The fraction of sp³-hybridized carbons (Fsp3) is 0.500. The average molecular weight is 413 g/mol. The van der Waals surface area contributed by atoms with Gasteiger partial charge in [-0.2, -0.15) is 0 Å². The summed E-state index contributed by atoms with van der Waals surface area (Å²) >= 11 is 13.6. The Labute approximate surface area is 167 Å². The summed E-state index contributed by atoms with van der Waals surface area (Å²) in [6, 6.07) is 1.72. The molecule has 3 rings (SSSR count). The van der Waals surface area contributed by atoms with Crippen LogP contribution in [0, 0.1) is 19.8 Å². The number of amides is 1. The van der Waals surface area contributed by atoms with Gasteiger partial charge in [0.1, 0.15) is 5.15 Å². The van der Waals surface area contributed by atoms with Crippen LogP contribution in [-0.2, 0) is 0 Å². The van der Waals surface area contributed by atoms with Gasteiger partial charge in [0.15, 0.2) is 5.13 Å². The van der Waals surface area contributed by atoms with Crippen molar-refractivity contribution in [2.75, 3.05) is 11.9 Å². The van der Waals surface area contributed by atoms with Crippen LogP contribution in [-0.4, -0.2) is 28.5 Å². The zero-order valence-electron chi connectivity index (χ0n) is 14.8. The first-order chi connectivity index (χ1) is 12.4. The molecule has 0 unspecified atom stereocenters. The van der Waals surface area contributed by atoms with Crippen molar-refractivity contribution in [3.63, 3.8) is 0 Å². The van der Waals surface area contributed by atoms with E-state index >= 15 is 0 Å². The number of aryl methyl sites for hydroxylation is 2. The summed E-state index contributed by atoms with van der Waals surface area (Å²) in [7, 11) is 0. The van der Waals surface area contributed by atoms with Crippen LogP contribution < -0.4 is 10.6 Å². The minimum absolute atomic E-state index is 0.165. The maximum atomic E-state index is 12.4. The van der Waals surface area contributed by atoms with Crippen molar-refractivity contribution in [2.24, 2.45) is 5.92 Å². The molecule has 0 saturated heterocycles. The van der Waals surface area contributed by atoms with Crippen molar-refractivity contribution < 1.29 is 4.79 Å². The normalized spacial score (nSPS) is 20.0. The van der Waals surface area contributed by atoms with Crippen LogP contribution in [0.2, 0.25) is 10.2 Å². The Bertz CT molecular complexity index is 768. The smallest absolute Gasteiger partial charge is 0.254 e. The lowest BCUT2D eigenvalue weighted by Crippen LogP contribution is -2.38. The summed E-state index contributed by atoms with van der Waals surface area (Å²) in [4.78, 5) is 22.1. The van der Waals surface area contributed by atoms with Gasteiger partial charge in [0, 0.05) is 23.7 Å². The molecule has 1 aliphatic carbocycles.